The highest BCUT2D eigenvalue weighted by Crippen LogP contribution is 2.27. The van der Waals surface area contributed by atoms with Gasteiger partial charge in [0.25, 0.3) is 0 Å². The van der Waals surface area contributed by atoms with Crippen LogP contribution in [0.25, 0.3) is 0 Å². The Labute approximate surface area is 527 Å². The van der Waals surface area contributed by atoms with Crippen LogP contribution in [0.4, 0.5) is 17.6 Å². The Kier molecular flexibility index (Phi) is 39.4. The molecule has 0 radical (unpaired) electrons. The van der Waals surface area contributed by atoms with Crippen LogP contribution in [0.1, 0.15) is 158 Å². The van der Waals surface area contributed by atoms with E-state index in [9.17, 15) is 17.6 Å². The molecule has 0 spiro atoms. The van der Waals surface area contributed by atoms with Gasteiger partial charge >= 0.3 is 0 Å². The van der Waals surface area contributed by atoms with Crippen LogP contribution in [0.3, 0.4) is 0 Å². The summed E-state index contributed by atoms with van der Waals surface area (Å²) in [5.41, 5.74) is 12.2. The number of hydrogen-bond donors (Lipinski definition) is 0. The van der Waals surface area contributed by atoms with Gasteiger partial charge in [-0.3, -0.25) is 4.98 Å². The normalized spacial score (nSPS) is 18.0. The van der Waals surface area contributed by atoms with E-state index in [1.807, 2.05) is 105 Å². The van der Waals surface area contributed by atoms with Gasteiger partial charge in [0.2, 0.25) is 0 Å². The van der Waals surface area contributed by atoms with Crippen molar-refractivity contribution in [3.8, 4) is 0 Å². The van der Waals surface area contributed by atoms with Crippen molar-refractivity contribution in [2.24, 2.45) is 23.7 Å². The number of halogens is 6. The van der Waals surface area contributed by atoms with Crippen LogP contribution in [-0.2, 0) is 14.2 Å². The molecule has 1 saturated carbocycles. The van der Waals surface area contributed by atoms with Crippen molar-refractivity contribution in [3.63, 3.8) is 0 Å². The molecule has 2 saturated heterocycles. The Morgan fingerprint density at radius 2 is 0.733 bits per heavy atom. The van der Waals surface area contributed by atoms with Gasteiger partial charge in [0.05, 0.1) is 19.3 Å². The summed E-state index contributed by atoms with van der Waals surface area (Å²) >= 11 is 11.5. The number of aromatic nitrogens is 3. The van der Waals surface area contributed by atoms with Gasteiger partial charge in [-0.1, -0.05) is 142 Å². The van der Waals surface area contributed by atoms with E-state index in [0.717, 1.165) is 76.4 Å². The third kappa shape index (κ3) is 37.3. The van der Waals surface area contributed by atoms with Gasteiger partial charge < -0.3 is 14.2 Å². The van der Waals surface area contributed by atoms with Gasteiger partial charge in [-0.25, -0.2) is 27.5 Å². The first-order chi connectivity index (χ1) is 40.3. The lowest BCUT2D eigenvalue weighted by Crippen LogP contribution is -2.27. The van der Waals surface area contributed by atoms with E-state index < -0.39 is 11.6 Å². The van der Waals surface area contributed by atoms with Gasteiger partial charge in [-0.05, 0) is 228 Å². The summed E-state index contributed by atoms with van der Waals surface area (Å²) in [6.45, 7) is 42.1. The number of nitrogens with zero attached hydrogens (tertiary/aromatic N) is 3. The average molecular weight is 1230 g/mol. The van der Waals surface area contributed by atoms with Gasteiger partial charge in [0.1, 0.15) is 29.1 Å². The van der Waals surface area contributed by atoms with Gasteiger partial charge in [-0.15, -0.1) is 0 Å². The van der Waals surface area contributed by atoms with Gasteiger partial charge in [0.15, 0.2) is 6.29 Å². The molecule has 7 aromatic rings. The van der Waals surface area contributed by atoms with Crippen LogP contribution in [0.15, 0.2) is 116 Å². The molecule has 86 heavy (non-hydrogen) atoms. The zero-order valence-corrected chi connectivity index (χ0v) is 57.1. The summed E-state index contributed by atoms with van der Waals surface area (Å²) in [5.74, 6) is 2.94. The Balaban J connectivity index is 0.000000478. The van der Waals surface area contributed by atoms with E-state index in [2.05, 4.69) is 99.8 Å². The maximum absolute atomic E-state index is 12.8. The van der Waals surface area contributed by atoms with Crippen LogP contribution in [0.5, 0.6) is 0 Å². The van der Waals surface area contributed by atoms with Crippen molar-refractivity contribution < 1.29 is 31.8 Å². The van der Waals surface area contributed by atoms with E-state index in [1.54, 1.807) is 32.9 Å². The number of benzene rings is 5. The first kappa shape index (κ1) is 78.5. The molecule has 0 N–H and O–H groups in total. The second-order valence-corrected chi connectivity index (χ2v) is 24.5. The summed E-state index contributed by atoms with van der Waals surface area (Å²) in [5, 5.41) is 1.35. The van der Waals surface area contributed by atoms with Crippen LogP contribution >= 0.6 is 23.2 Å². The molecule has 2 aromatic heterocycles. The molecule has 3 aliphatic rings. The SMILES string of the molecule is CC1CCC(C)CC1.CC1CCC(C)OC1.CC1COC(C)OC1.Cc1cc(F)c(C)c(Cl)c1.Cc1cc(F)c(C)c(F)c1.Cc1ccc(C)c(Cl)c1.Cc1ccc(C)c(F)c1.Cc1ccc(C)cc1.Cc1ccc(C)nc1.Cc1cnc(C)nc1. The van der Waals surface area contributed by atoms with Crippen LogP contribution in [-0.4, -0.2) is 47.2 Å². The fourth-order valence-electron chi connectivity index (χ4n) is 7.71. The Morgan fingerprint density at radius 3 is 1.09 bits per heavy atom. The number of pyridine rings is 1. The van der Waals surface area contributed by atoms with Crippen LogP contribution in [0, 0.1) is 144 Å². The summed E-state index contributed by atoms with van der Waals surface area (Å²) in [4.78, 5) is 12.0. The van der Waals surface area contributed by atoms with Gasteiger partial charge in [0, 0.05) is 58.0 Å². The average Bonchev–Trinajstić information content (AvgIpc) is 3.62. The van der Waals surface area contributed by atoms with E-state index in [1.165, 1.54) is 92.0 Å². The van der Waals surface area contributed by atoms with Crippen molar-refractivity contribution in [2.75, 3.05) is 19.8 Å². The maximum atomic E-state index is 12.8. The number of rotatable bonds is 0. The molecule has 474 valence electrons. The molecule has 0 bridgehead atoms. The van der Waals surface area contributed by atoms with E-state index >= 15 is 0 Å². The lowest BCUT2D eigenvalue weighted by molar-refractivity contribution is -0.187. The van der Waals surface area contributed by atoms with Crippen LogP contribution < -0.4 is 0 Å². The van der Waals surface area contributed by atoms with Crippen molar-refractivity contribution in [3.05, 3.63) is 227 Å². The van der Waals surface area contributed by atoms with Crippen molar-refractivity contribution in [1.29, 1.82) is 0 Å². The fraction of sp³-hybridized carbons (Fsp3) is 0.473. The minimum Gasteiger partial charge on any atom is -0.378 e. The monoisotopic (exact) mass is 1230 g/mol. The Hall–Kier alpha value is -5.49. The number of ether oxygens (including phenoxy) is 3. The molecule has 2 aliphatic heterocycles. The fourth-order valence-corrected chi connectivity index (χ4v) is 8.21. The highest BCUT2D eigenvalue weighted by atomic mass is 35.5. The van der Waals surface area contributed by atoms with E-state index in [4.69, 9.17) is 37.4 Å². The molecule has 5 aromatic carbocycles. The molecule has 4 heterocycles. The molecular weight excluding hydrogens is 1130 g/mol. The quantitative estimate of drug-likeness (QED) is 0.141. The van der Waals surface area contributed by atoms with Crippen molar-refractivity contribution in [1.82, 2.24) is 15.0 Å². The molecule has 2 unspecified atom stereocenters. The maximum Gasteiger partial charge on any atom is 0.154 e. The topological polar surface area (TPSA) is 66.4 Å². The predicted molar refractivity (Wildman–Crippen MR) is 356 cm³/mol. The molecule has 12 heteroatoms. The van der Waals surface area contributed by atoms with Gasteiger partial charge in [-0.2, -0.15) is 0 Å². The minimum atomic E-state index is -0.475. The molecule has 10 rings (SSSR count). The standard InChI is InChI=1S/C8H8ClF.C8H9Cl.C8H8F2.C8H9F.C8H16.C8H10.C7H9N.C7H14O.C6H8N2.C6H12O2/c1-5-3-7(9)6(2)8(10)4-5;1-6-3-4-7(2)8(9)5-6;1-5-3-7(9)6(2)8(10)4-5;1-6-3-4-7(2)8(9)5-6;2*1-7-3-5-8(2)6-4-7;2*1-6-3-4-7(2)8-5-6;2*1-5-3-7-6(2)8-4-5/h3-4H,1-2H3;3-5H,1-2H3;3-4H,1-2H3;3-5H,1-2H3;7-8H,3-6H2,1-2H3;3-6H,1-2H3;3-5H,1-2H3;6-7H,3-5H2,1-2H3;3-4H,1-2H3;5-6H,3-4H2,1-2H3. The van der Waals surface area contributed by atoms with E-state index in [0.29, 0.717) is 33.7 Å². The molecule has 0 amide bonds. The first-order valence-corrected chi connectivity index (χ1v) is 30.9. The summed E-state index contributed by atoms with van der Waals surface area (Å²) in [7, 11) is 0. The molecular formula is C74H103Cl2F4N3O3. The molecule has 3 fully saturated rings. The Morgan fingerprint density at radius 1 is 0.349 bits per heavy atom. The molecule has 1 aliphatic carbocycles. The molecule has 2 atom stereocenters. The smallest absolute Gasteiger partial charge is 0.154 e. The second-order valence-electron chi connectivity index (χ2n) is 23.7. The van der Waals surface area contributed by atoms with Crippen LogP contribution in [0.2, 0.25) is 10.0 Å². The summed E-state index contributed by atoms with van der Waals surface area (Å²) < 4.78 is 66.3. The number of aryl methyl sites for hydroxylation is 12. The summed E-state index contributed by atoms with van der Waals surface area (Å²) in [6.07, 6.45) is 14.5. The second kappa shape index (κ2) is 43.2. The third-order valence-electron chi connectivity index (χ3n) is 14.0. The first-order valence-electron chi connectivity index (χ1n) is 30.2. The predicted octanol–water partition coefficient (Wildman–Crippen LogP) is 21.8. The molecule has 6 nitrogen and oxygen atoms in total. The largest absolute Gasteiger partial charge is 0.378 e. The summed E-state index contributed by atoms with van der Waals surface area (Å²) in [6, 6.07) is 29.7. The highest BCUT2D eigenvalue weighted by molar-refractivity contribution is 6.31. The lowest BCUT2D eigenvalue weighted by Gasteiger charge is -2.24. The highest BCUT2D eigenvalue weighted by Gasteiger charge is 2.15. The zero-order chi connectivity index (χ0) is 65.1. The number of hydrogen-bond acceptors (Lipinski definition) is 6. The van der Waals surface area contributed by atoms with Crippen molar-refractivity contribution in [2.45, 2.75) is 189 Å². The van der Waals surface area contributed by atoms with E-state index in [-0.39, 0.29) is 23.5 Å². The lowest BCUT2D eigenvalue weighted by atomic mass is 9.84. The Bertz CT molecular complexity index is 2540. The minimum absolute atomic E-state index is 0.0196. The van der Waals surface area contributed by atoms with Crippen molar-refractivity contribution >= 4 is 23.2 Å². The zero-order valence-electron chi connectivity index (χ0n) is 55.6. The third-order valence-corrected chi connectivity index (χ3v) is 14.8.